The van der Waals surface area contributed by atoms with Crippen molar-refractivity contribution in [2.24, 2.45) is 5.92 Å². The highest BCUT2D eigenvalue weighted by molar-refractivity contribution is 5.91. The summed E-state index contributed by atoms with van der Waals surface area (Å²) in [5.74, 6) is -0.486. The largest absolute Gasteiger partial charge is 0.497 e. The highest BCUT2D eigenvalue weighted by Gasteiger charge is 2.31. The van der Waals surface area contributed by atoms with Crippen LogP contribution in [-0.4, -0.2) is 43.8 Å². The van der Waals surface area contributed by atoms with Gasteiger partial charge in [0.05, 0.1) is 32.5 Å². The topological polar surface area (TPSA) is 82.1 Å². The van der Waals surface area contributed by atoms with Gasteiger partial charge in [0.25, 0.3) is 0 Å². The fourth-order valence-corrected chi connectivity index (χ4v) is 3.04. The van der Waals surface area contributed by atoms with Gasteiger partial charge in [-0.1, -0.05) is 13.3 Å². The number of ketones is 1. The van der Waals surface area contributed by atoms with Crippen LogP contribution in [0.3, 0.4) is 0 Å². The lowest BCUT2D eigenvalue weighted by Gasteiger charge is -2.28. The van der Waals surface area contributed by atoms with Crippen LogP contribution in [0.1, 0.15) is 42.1 Å². The monoisotopic (exact) mass is 336 g/mol. The van der Waals surface area contributed by atoms with Crippen LogP contribution in [0, 0.1) is 5.92 Å². The summed E-state index contributed by atoms with van der Waals surface area (Å²) in [7, 11) is 2.94. The molecule has 2 atom stereocenters. The zero-order valence-electron chi connectivity index (χ0n) is 14.3. The lowest BCUT2D eigenvalue weighted by Crippen LogP contribution is -2.35. The van der Waals surface area contributed by atoms with Crippen LogP contribution < -0.4 is 9.47 Å². The van der Waals surface area contributed by atoms with Crippen LogP contribution in [-0.2, 0) is 16.0 Å². The molecule has 0 aromatic heterocycles. The minimum atomic E-state index is -1.07. The van der Waals surface area contributed by atoms with E-state index in [4.69, 9.17) is 14.2 Å². The van der Waals surface area contributed by atoms with Gasteiger partial charge in [0, 0.05) is 24.0 Å². The molecule has 1 aromatic carbocycles. The van der Waals surface area contributed by atoms with Gasteiger partial charge in [-0.3, -0.25) is 4.79 Å². The number of benzene rings is 1. The highest BCUT2D eigenvalue weighted by Crippen LogP contribution is 2.32. The lowest BCUT2D eigenvalue weighted by atomic mass is 9.87. The number of Topliss-reactive ketones (excluding diaryl/α,β-unsaturated/α-hetero) is 1. The number of carbonyl (C=O) groups is 2. The molecule has 0 bridgehead atoms. The molecule has 0 spiro atoms. The maximum absolute atomic E-state index is 12.4. The molecule has 6 nitrogen and oxygen atoms in total. The van der Waals surface area contributed by atoms with Crippen molar-refractivity contribution < 1.29 is 28.9 Å². The SMILES string of the molecule is CCC[C@H]1CC(=O)[C@H](Cc2c(OC)cc(OC)cc2C(=O)O)CO1. The maximum atomic E-state index is 12.4. The van der Waals surface area contributed by atoms with E-state index < -0.39 is 5.97 Å². The molecule has 1 aliphatic rings. The zero-order chi connectivity index (χ0) is 17.7. The maximum Gasteiger partial charge on any atom is 0.336 e. The van der Waals surface area contributed by atoms with Gasteiger partial charge in [-0.25, -0.2) is 4.79 Å². The molecule has 1 fully saturated rings. The molecule has 24 heavy (non-hydrogen) atoms. The van der Waals surface area contributed by atoms with Crippen LogP contribution in [0.4, 0.5) is 0 Å². The molecular formula is C18H24O6. The van der Waals surface area contributed by atoms with Crippen molar-refractivity contribution >= 4 is 11.8 Å². The summed E-state index contributed by atoms with van der Waals surface area (Å²) in [5, 5.41) is 9.49. The molecule has 0 amide bonds. The summed E-state index contributed by atoms with van der Waals surface area (Å²) in [6.45, 7) is 2.37. The van der Waals surface area contributed by atoms with Crippen molar-refractivity contribution in [3.8, 4) is 11.5 Å². The Morgan fingerprint density at radius 2 is 2.08 bits per heavy atom. The molecule has 1 aromatic rings. The molecule has 1 heterocycles. The van der Waals surface area contributed by atoms with Crippen molar-refractivity contribution in [2.45, 2.75) is 38.7 Å². The minimum absolute atomic E-state index is 0.0181. The molecule has 0 radical (unpaired) electrons. The van der Waals surface area contributed by atoms with E-state index in [1.54, 1.807) is 6.07 Å². The van der Waals surface area contributed by atoms with Gasteiger partial charge in [0.15, 0.2) is 0 Å². The third kappa shape index (κ3) is 4.06. The quantitative estimate of drug-likeness (QED) is 0.824. The van der Waals surface area contributed by atoms with Crippen LogP contribution in [0.2, 0.25) is 0 Å². The van der Waals surface area contributed by atoms with E-state index in [-0.39, 0.29) is 29.8 Å². The summed E-state index contributed by atoms with van der Waals surface area (Å²) < 4.78 is 16.2. The first-order valence-corrected chi connectivity index (χ1v) is 8.12. The van der Waals surface area contributed by atoms with Crippen molar-refractivity contribution in [3.63, 3.8) is 0 Å². The first-order valence-electron chi connectivity index (χ1n) is 8.12. The first-order chi connectivity index (χ1) is 11.5. The fraction of sp³-hybridized carbons (Fsp3) is 0.556. The summed E-state index contributed by atoms with van der Waals surface area (Å²) in [6.07, 6.45) is 2.49. The predicted octanol–water partition coefficient (Wildman–Crippen LogP) is 2.72. The van der Waals surface area contributed by atoms with Crippen LogP contribution in [0.5, 0.6) is 11.5 Å². The molecule has 1 N–H and O–H groups in total. The Hall–Kier alpha value is -2.08. The van der Waals surface area contributed by atoms with Crippen LogP contribution in [0.15, 0.2) is 12.1 Å². The summed E-state index contributed by atoms with van der Waals surface area (Å²) in [4.78, 5) is 24.0. The van der Waals surface area contributed by atoms with Crippen molar-refractivity contribution in [3.05, 3.63) is 23.3 Å². The molecule has 2 rings (SSSR count). The Labute approximate surface area is 141 Å². The van der Waals surface area contributed by atoms with Crippen molar-refractivity contribution in [2.75, 3.05) is 20.8 Å². The van der Waals surface area contributed by atoms with Crippen LogP contribution >= 0.6 is 0 Å². The number of carbonyl (C=O) groups excluding carboxylic acids is 1. The van der Waals surface area contributed by atoms with Crippen LogP contribution in [0.25, 0.3) is 0 Å². The summed E-state index contributed by atoms with van der Waals surface area (Å²) in [6, 6.07) is 3.09. The second-order valence-corrected chi connectivity index (χ2v) is 5.98. The molecular weight excluding hydrogens is 312 g/mol. The summed E-state index contributed by atoms with van der Waals surface area (Å²) in [5.41, 5.74) is 0.594. The molecule has 1 aliphatic heterocycles. The van der Waals surface area contributed by atoms with E-state index in [2.05, 4.69) is 6.92 Å². The number of ether oxygens (including phenoxy) is 3. The first kappa shape index (κ1) is 18.3. The number of carboxylic acids is 1. The Kier molecular flexibility index (Phi) is 6.20. The summed E-state index contributed by atoms with van der Waals surface area (Å²) >= 11 is 0. The number of hydrogen-bond donors (Lipinski definition) is 1. The van der Waals surface area contributed by atoms with Gasteiger partial charge in [0.1, 0.15) is 17.3 Å². The van der Waals surface area contributed by atoms with Gasteiger partial charge in [-0.2, -0.15) is 0 Å². The van der Waals surface area contributed by atoms with E-state index in [9.17, 15) is 14.7 Å². The molecule has 6 heteroatoms. The van der Waals surface area contributed by atoms with E-state index in [1.807, 2.05) is 0 Å². The zero-order valence-corrected chi connectivity index (χ0v) is 14.3. The Morgan fingerprint density at radius 3 is 2.62 bits per heavy atom. The smallest absolute Gasteiger partial charge is 0.336 e. The Balaban J connectivity index is 2.25. The van der Waals surface area contributed by atoms with E-state index in [0.717, 1.165) is 12.8 Å². The minimum Gasteiger partial charge on any atom is -0.497 e. The average molecular weight is 336 g/mol. The standard InChI is InChI=1S/C18H24O6/c1-4-5-12-8-16(19)11(10-24-12)6-14-15(18(20)21)7-13(22-2)9-17(14)23-3/h7,9,11-12H,4-6,8,10H2,1-3H3,(H,20,21)/t11-,12+/m1/s1. The second-order valence-electron chi connectivity index (χ2n) is 5.98. The van der Waals surface area contributed by atoms with Gasteiger partial charge in [-0.05, 0) is 18.9 Å². The van der Waals surface area contributed by atoms with Gasteiger partial charge in [-0.15, -0.1) is 0 Å². The van der Waals surface area contributed by atoms with Gasteiger partial charge in [0.2, 0.25) is 0 Å². The Morgan fingerprint density at radius 1 is 1.33 bits per heavy atom. The molecule has 1 saturated heterocycles. The number of hydrogen-bond acceptors (Lipinski definition) is 5. The third-order valence-corrected chi connectivity index (χ3v) is 4.35. The highest BCUT2D eigenvalue weighted by atomic mass is 16.5. The average Bonchev–Trinajstić information content (AvgIpc) is 2.57. The molecule has 132 valence electrons. The van der Waals surface area contributed by atoms with Crippen molar-refractivity contribution in [1.82, 2.24) is 0 Å². The van der Waals surface area contributed by atoms with Gasteiger partial charge >= 0.3 is 5.97 Å². The second kappa shape index (κ2) is 8.15. The molecule has 0 unspecified atom stereocenters. The normalized spacial score (nSPS) is 20.7. The van der Waals surface area contributed by atoms with Gasteiger partial charge < -0.3 is 19.3 Å². The van der Waals surface area contributed by atoms with E-state index >= 15 is 0 Å². The lowest BCUT2D eigenvalue weighted by molar-refractivity contribution is -0.135. The fourth-order valence-electron chi connectivity index (χ4n) is 3.04. The number of carboxylic acid groups (broad SMARTS) is 1. The number of rotatable bonds is 7. The number of aromatic carboxylic acids is 1. The molecule has 0 saturated carbocycles. The Bertz CT molecular complexity index is 610. The molecule has 0 aliphatic carbocycles. The predicted molar refractivity (Wildman–Crippen MR) is 88.0 cm³/mol. The third-order valence-electron chi connectivity index (χ3n) is 4.35. The van der Waals surface area contributed by atoms with Crippen molar-refractivity contribution in [1.29, 1.82) is 0 Å². The number of methoxy groups -OCH3 is 2. The van der Waals surface area contributed by atoms with E-state index in [1.165, 1.54) is 20.3 Å². The van der Waals surface area contributed by atoms with E-state index in [0.29, 0.717) is 30.1 Å².